The Bertz CT molecular complexity index is 974. The van der Waals surface area contributed by atoms with E-state index in [0.717, 1.165) is 22.0 Å². The lowest BCUT2D eigenvalue weighted by Crippen LogP contribution is -2.02. The summed E-state index contributed by atoms with van der Waals surface area (Å²) in [7, 11) is 4.64. The Hall–Kier alpha value is -3.15. The van der Waals surface area contributed by atoms with Crippen LogP contribution in [0.1, 0.15) is 11.1 Å². The summed E-state index contributed by atoms with van der Waals surface area (Å²) < 4.78 is 16.4. The summed E-state index contributed by atoms with van der Waals surface area (Å²) in [4.78, 5) is 14.8. The van der Waals surface area contributed by atoms with Gasteiger partial charge in [-0.3, -0.25) is 4.79 Å². The van der Waals surface area contributed by atoms with Crippen molar-refractivity contribution in [2.24, 2.45) is 0 Å². The molecule has 2 aromatic carbocycles. The van der Waals surface area contributed by atoms with E-state index in [4.69, 9.17) is 14.2 Å². The van der Waals surface area contributed by atoms with Crippen molar-refractivity contribution in [3.05, 3.63) is 41.5 Å². The highest BCUT2D eigenvalue weighted by molar-refractivity contribution is 5.95. The lowest BCUT2D eigenvalue weighted by Gasteiger charge is -2.16. The fraction of sp³-hybridized carbons (Fsp3) is 0.250. The number of nitrogens with one attached hydrogen (secondary N) is 1. The first-order valence-corrected chi connectivity index (χ1v) is 8.12. The van der Waals surface area contributed by atoms with Crippen LogP contribution in [-0.4, -0.2) is 37.4 Å². The second kappa shape index (κ2) is 7.00. The van der Waals surface area contributed by atoms with Gasteiger partial charge in [0, 0.05) is 16.5 Å². The number of H-pyrrole nitrogens is 1. The maximum absolute atomic E-state index is 11.5. The first-order valence-electron chi connectivity index (χ1n) is 8.12. The summed E-state index contributed by atoms with van der Waals surface area (Å²) in [6.45, 7) is 1.98. The van der Waals surface area contributed by atoms with E-state index in [0.29, 0.717) is 28.5 Å². The van der Waals surface area contributed by atoms with E-state index >= 15 is 0 Å². The summed E-state index contributed by atoms with van der Waals surface area (Å²) in [6.07, 6.45) is -0.101. The number of methoxy groups -OCH3 is 3. The van der Waals surface area contributed by atoms with Gasteiger partial charge in [0.05, 0.1) is 33.4 Å². The van der Waals surface area contributed by atoms with Crippen molar-refractivity contribution in [2.75, 3.05) is 21.3 Å². The molecule has 6 heteroatoms. The van der Waals surface area contributed by atoms with Crippen molar-refractivity contribution < 1.29 is 24.1 Å². The molecule has 6 nitrogen and oxygen atoms in total. The number of carbonyl (C=O) groups is 1. The number of carboxylic acids is 1. The van der Waals surface area contributed by atoms with Gasteiger partial charge in [0.2, 0.25) is 5.75 Å². The third kappa shape index (κ3) is 2.94. The largest absolute Gasteiger partial charge is 0.493 e. The zero-order valence-corrected chi connectivity index (χ0v) is 15.2. The Morgan fingerprint density at radius 2 is 1.77 bits per heavy atom. The van der Waals surface area contributed by atoms with Gasteiger partial charge in [0.25, 0.3) is 0 Å². The van der Waals surface area contributed by atoms with Gasteiger partial charge in [-0.1, -0.05) is 11.6 Å². The smallest absolute Gasteiger partial charge is 0.307 e. The number of fused-ring (bicyclic) bond motifs is 1. The highest BCUT2D eigenvalue weighted by Crippen LogP contribution is 2.45. The molecule has 0 fully saturated rings. The minimum atomic E-state index is -0.895. The molecule has 0 atom stereocenters. The SMILES string of the molecule is COc1ccc(-c2[nH]c3ccc(C)cc3c2CC(=O)O)c(OC)c1OC. The second-order valence-corrected chi connectivity index (χ2v) is 5.98. The molecule has 0 aliphatic heterocycles. The number of aromatic nitrogens is 1. The van der Waals surface area contributed by atoms with Crippen LogP contribution in [0.15, 0.2) is 30.3 Å². The average molecular weight is 355 g/mol. The highest BCUT2D eigenvalue weighted by atomic mass is 16.5. The minimum Gasteiger partial charge on any atom is -0.493 e. The molecule has 0 unspecified atom stereocenters. The number of carboxylic acid groups (broad SMARTS) is 1. The molecular weight excluding hydrogens is 334 g/mol. The molecule has 3 rings (SSSR count). The molecule has 0 radical (unpaired) electrons. The van der Waals surface area contributed by atoms with Crippen LogP contribution in [0.25, 0.3) is 22.2 Å². The molecule has 0 saturated carbocycles. The maximum atomic E-state index is 11.5. The van der Waals surface area contributed by atoms with Crippen molar-refractivity contribution in [1.29, 1.82) is 0 Å². The van der Waals surface area contributed by atoms with E-state index in [2.05, 4.69) is 4.98 Å². The fourth-order valence-corrected chi connectivity index (χ4v) is 3.22. The molecule has 2 N–H and O–H groups in total. The molecule has 26 heavy (non-hydrogen) atoms. The second-order valence-electron chi connectivity index (χ2n) is 5.98. The molecule has 0 aliphatic rings. The zero-order chi connectivity index (χ0) is 18.8. The Morgan fingerprint density at radius 1 is 1.04 bits per heavy atom. The number of benzene rings is 2. The predicted octanol–water partition coefficient (Wildman–Crippen LogP) is 3.80. The van der Waals surface area contributed by atoms with Gasteiger partial charge in [-0.05, 0) is 36.8 Å². The lowest BCUT2D eigenvalue weighted by molar-refractivity contribution is -0.136. The minimum absolute atomic E-state index is 0.101. The van der Waals surface area contributed by atoms with E-state index in [1.165, 1.54) is 7.11 Å². The van der Waals surface area contributed by atoms with Crippen molar-refractivity contribution >= 4 is 16.9 Å². The molecule has 0 bridgehead atoms. The fourth-order valence-electron chi connectivity index (χ4n) is 3.22. The number of aromatic amines is 1. The number of aryl methyl sites for hydroxylation is 1. The van der Waals surface area contributed by atoms with Crippen molar-refractivity contribution in [2.45, 2.75) is 13.3 Å². The first kappa shape index (κ1) is 17.7. The van der Waals surface area contributed by atoms with E-state index in [-0.39, 0.29) is 6.42 Å². The van der Waals surface area contributed by atoms with Crippen LogP contribution in [0.2, 0.25) is 0 Å². The predicted molar refractivity (Wildman–Crippen MR) is 99.5 cm³/mol. The van der Waals surface area contributed by atoms with E-state index in [9.17, 15) is 9.90 Å². The molecule has 0 saturated heterocycles. The average Bonchev–Trinajstić information content (AvgIpc) is 2.97. The summed E-state index contributed by atoms with van der Waals surface area (Å²) in [6, 6.07) is 9.54. The third-order valence-electron chi connectivity index (χ3n) is 4.36. The Kier molecular flexibility index (Phi) is 4.75. The standard InChI is InChI=1S/C20H21NO5/c1-11-5-7-15-13(9-11)14(10-17(22)23)18(21-15)12-6-8-16(24-2)20(26-4)19(12)25-3/h5-9,21H,10H2,1-4H3,(H,22,23). The molecular formula is C20H21NO5. The van der Waals surface area contributed by atoms with E-state index in [1.54, 1.807) is 20.3 Å². The van der Waals surface area contributed by atoms with Crippen LogP contribution < -0.4 is 14.2 Å². The van der Waals surface area contributed by atoms with Crippen LogP contribution in [0.3, 0.4) is 0 Å². The number of hydrogen-bond acceptors (Lipinski definition) is 4. The van der Waals surface area contributed by atoms with Gasteiger partial charge in [-0.2, -0.15) is 0 Å². The van der Waals surface area contributed by atoms with E-state index in [1.807, 2.05) is 31.2 Å². The van der Waals surface area contributed by atoms with Crippen LogP contribution in [0, 0.1) is 6.92 Å². The van der Waals surface area contributed by atoms with Gasteiger partial charge >= 0.3 is 5.97 Å². The Morgan fingerprint density at radius 3 is 2.38 bits per heavy atom. The van der Waals surface area contributed by atoms with Gasteiger partial charge < -0.3 is 24.3 Å². The Labute approximate surface area is 151 Å². The molecule has 1 aromatic heterocycles. The van der Waals surface area contributed by atoms with Gasteiger partial charge in [0.1, 0.15) is 0 Å². The molecule has 0 amide bonds. The molecule has 0 spiro atoms. The molecule has 3 aromatic rings. The summed E-state index contributed by atoms with van der Waals surface area (Å²) in [5.74, 6) is 0.596. The highest BCUT2D eigenvalue weighted by Gasteiger charge is 2.22. The van der Waals surface area contributed by atoms with Gasteiger partial charge in [-0.15, -0.1) is 0 Å². The number of ether oxygens (including phenoxy) is 3. The molecule has 0 aliphatic carbocycles. The normalized spacial score (nSPS) is 10.8. The van der Waals surface area contributed by atoms with Gasteiger partial charge in [0.15, 0.2) is 11.5 Å². The third-order valence-corrected chi connectivity index (χ3v) is 4.36. The first-order chi connectivity index (χ1) is 12.5. The molecule has 1 heterocycles. The summed E-state index contributed by atoms with van der Waals surface area (Å²) in [5.41, 5.74) is 4.07. The topological polar surface area (TPSA) is 80.8 Å². The zero-order valence-electron chi connectivity index (χ0n) is 15.2. The van der Waals surface area contributed by atoms with Crippen molar-refractivity contribution in [1.82, 2.24) is 4.98 Å². The van der Waals surface area contributed by atoms with Crippen LogP contribution >= 0.6 is 0 Å². The summed E-state index contributed by atoms with van der Waals surface area (Å²) in [5, 5.41) is 10.3. The van der Waals surface area contributed by atoms with Crippen LogP contribution in [0.4, 0.5) is 0 Å². The summed E-state index contributed by atoms with van der Waals surface area (Å²) >= 11 is 0. The monoisotopic (exact) mass is 355 g/mol. The number of rotatable bonds is 6. The van der Waals surface area contributed by atoms with Crippen LogP contribution in [-0.2, 0) is 11.2 Å². The molecule has 136 valence electrons. The van der Waals surface area contributed by atoms with Gasteiger partial charge in [-0.25, -0.2) is 0 Å². The van der Waals surface area contributed by atoms with Crippen molar-refractivity contribution in [3.63, 3.8) is 0 Å². The van der Waals surface area contributed by atoms with Crippen molar-refractivity contribution in [3.8, 4) is 28.5 Å². The number of hydrogen-bond donors (Lipinski definition) is 2. The lowest BCUT2D eigenvalue weighted by atomic mass is 10.0. The van der Waals surface area contributed by atoms with Crippen LogP contribution in [0.5, 0.6) is 17.2 Å². The Balaban J connectivity index is 2.33. The van der Waals surface area contributed by atoms with E-state index < -0.39 is 5.97 Å². The number of aliphatic carboxylic acids is 1. The maximum Gasteiger partial charge on any atom is 0.307 e. The quantitative estimate of drug-likeness (QED) is 0.703.